The van der Waals surface area contributed by atoms with Crippen LogP contribution in [-0.4, -0.2) is 20.4 Å². The van der Waals surface area contributed by atoms with Crippen LogP contribution in [0.3, 0.4) is 0 Å². The molecule has 6 heteroatoms. The molecule has 2 bridgehead atoms. The van der Waals surface area contributed by atoms with Crippen molar-refractivity contribution in [2.24, 2.45) is 0 Å². The average Bonchev–Trinajstić information content (AvgIpc) is 2.96. The molecule has 0 aliphatic carbocycles. The third kappa shape index (κ3) is 1.68. The van der Waals surface area contributed by atoms with Crippen molar-refractivity contribution in [1.29, 1.82) is 0 Å². The minimum atomic E-state index is -0.887. The maximum Gasteiger partial charge on any atom is 0.262 e. The molecular formula is C21H16N4O2. The number of aromatic nitrogens is 3. The minimum absolute atomic E-state index is 0.141. The Labute approximate surface area is 153 Å². The van der Waals surface area contributed by atoms with Gasteiger partial charge in [0.1, 0.15) is 17.4 Å². The van der Waals surface area contributed by atoms with E-state index in [2.05, 4.69) is 16.4 Å². The van der Waals surface area contributed by atoms with Crippen LogP contribution in [0.15, 0.2) is 53.3 Å². The Balaban J connectivity index is 1.79. The number of aromatic amines is 1. The van der Waals surface area contributed by atoms with Gasteiger partial charge in [0, 0.05) is 17.3 Å². The minimum Gasteiger partial charge on any atom is -0.356 e. The molecular weight excluding hydrogens is 340 g/mol. The molecule has 3 aliphatic heterocycles. The third-order valence-electron chi connectivity index (χ3n) is 5.95. The molecule has 3 aliphatic rings. The van der Waals surface area contributed by atoms with Crippen molar-refractivity contribution in [1.82, 2.24) is 19.9 Å². The lowest BCUT2D eigenvalue weighted by Crippen LogP contribution is -2.55. The van der Waals surface area contributed by atoms with Crippen molar-refractivity contribution in [3.63, 3.8) is 0 Å². The van der Waals surface area contributed by atoms with Crippen molar-refractivity contribution in [2.75, 3.05) is 0 Å². The van der Waals surface area contributed by atoms with E-state index in [9.17, 15) is 9.59 Å². The van der Waals surface area contributed by atoms with E-state index >= 15 is 0 Å². The largest absolute Gasteiger partial charge is 0.356 e. The topological polar surface area (TPSA) is 79.8 Å². The number of rotatable bonds is 0. The molecule has 2 aromatic carbocycles. The van der Waals surface area contributed by atoms with Crippen LogP contribution in [0.25, 0.3) is 21.8 Å². The van der Waals surface area contributed by atoms with Gasteiger partial charge in [0.2, 0.25) is 5.91 Å². The predicted octanol–water partition coefficient (Wildman–Crippen LogP) is 2.37. The van der Waals surface area contributed by atoms with Crippen LogP contribution in [0, 0.1) is 0 Å². The number of nitrogens with zero attached hydrogens (tertiary/aromatic N) is 2. The summed E-state index contributed by atoms with van der Waals surface area (Å²) < 4.78 is 1.60. The number of fused-ring (bicyclic) bond motifs is 3. The van der Waals surface area contributed by atoms with E-state index in [0.29, 0.717) is 23.1 Å². The number of benzene rings is 2. The molecule has 0 radical (unpaired) electrons. The first-order valence-electron chi connectivity index (χ1n) is 9.02. The number of carbonyl (C=O) groups excluding carboxylic acids is 1. The summed E-state index contributed by atoms with van der Waals surface area (Å²) in [6, 6.07) is 14.8. The SMILES string of the molecule is C[C@@]12NC(=O)[C@H](Cc3c1[nH]c1ccccc31)n1c2nc2ccccc2c1=O. The van der Waals surface area contributed by atoms with Crippen molar-refractivity contribution >= 4 is 27.7 Å². The molecule has 4 aromatic rings. The standard InChI is InChI=1S/C21H16N4O2/c1-21-17-13(11-6-2-4-8-14(11)22-17)10-16(18(26)24-21)25-19(27)12-7-3-5-9-15(12)23-20(21)25/h2-9,16,22H,10H2,1H3,(H,24,26)/t16-,21+/m0/s1. The Hall–Kier alpha value is -3.41. The van der Waals surface area contributed by atoms with Gasteiger partial charge in [-0.05, 0) is 30.7 Å². The first-order chi connectivity index (χ1) is 13.1. The van der Waals surface area contributed by atoms with Gasteiger partial charge in [-0.2, -0.15) is 0 Å². The van der Waals surface area contributed by atoms with E-state index in [0.717, 1.165) is 22.2 Å². The van der Waals surface area contributed by atoms with Crippen LogP contribution in [0.5, 0.6) is 0 Å². The fourth-order valence-electron chi connectivity index (χ4n) is 4.68. The molecule has 0 fully saturated rings. The number of amides is 1. The zero-order chi connectivity index (χ0) is 18.3. The lowest BCUT2D eigenvalue weighted by molar-refractivity contribution is -0.127. The third-order valence-corrected chi connectivity index (χ3v) is 5.95. The van der Waals surface area contributed by atoms with E-state index < -0.39 is 11.6 Å². The van der Waals surface area contributed by atoms with Gasteiger partial charge in [0.15, 0.2) is 0 Å². The van der Waals surface area contributed by atoms with E-state index in [1.165, 1.54) is 0 Å². The smallest absolute Gasteiger partial charge is 0.262 e. The first kappa shape index (κ1) is 14.7. The highest BCUT2D eigenvalue weighted by molar-refractivity contribution is 5.91. The van der Waals surface area contributed by atoms with Crippen molar-refractivity contribution in [3.05, 3.63) is 76.0 Å². The van der Waals surface area contributed by atoms with Crippen molar-refractivity contribution in [2.45, 2.75) is 24.9 Å². The normalized spacial score (nSPS) is 23.1. The Bertz CT molecular complexity index is 1350. The Morgan fingerprint density at radius 2 is 1.81 bits per heavy atom. The number of hydrogen-bond acceptors (Lipinski definition) is 3. The van der Waals surface area contributed by atoms with Gasteiger partial charge in [-0.25, -0.2) is 4.98 Å². The van der Waals surface area contributed by atoms with E-state index in [1.807, 2.05) is 43.3 Å². The number of para-hydroxylation sites is 2. The highest BCUT2D eigenvalue weighted by atomic mass is 16.2. The summed E-state index contributed by atoms with van der Waals surface area (Å²) in [7, 11) is 0. The highest BCUT2D eigenvalue weighted by Crippen LogP contribution is 2.43. The molecule has 2 atom stereocenters. The summed E-state index contributed by atoms with van der Waals surface area (Å²) in [4.78, 5) is 34.5. The molecule has 0 unspecified atom stereocenters. The monoisotopic (exact) mass is 356 g/mol. The van der Waals surface area contributed by atoms with Gasteiger partial charge < -0.3 is 10.3 Å². The molecule has 6 nitrogen and oxygen atoms in total. The van der Waals surface area contributed by atoms with Crippen LogP contribution in [0.4, 0.5) is 0 Å². The quantitative estimate of drug-likeness (QED) is 0.508. The summed E-state index contributed by atoms with van der Waals surface area (Å²) in [6.07, 6.45) is 0.466. The van der Waals surface area contributed by atoms with Crippen LogP contribution in [0.2, 0.25) is 0 Å². The van der Waals surface area contributed by atoms with E-state index in [4.69, 9.17) is 4.98 Å². The van der Waals surface area contributed by atoms with Crippen LogP contribution in [0.1, 0.15) is 30.0 Å². The zero-order valence-corrected chi connectivity index (χ0v) is 14.6. The molecule has 2 N–H and O–H groups in total. The average molecular weight is 356 g/mol. The van der Waals surface area contributed by atoms with Crippen LogP contribution < -0.4 is 10.9 Å². The summed E-state index contributed by atoms with van der Waals surface area (Å²) in [5, 5.41) is 4.76. The fourth-order valence-corrected chi connectivity index (χ4v) is 4.68. The Morgan fingerprint density at radius 3 is 2.67 bits per heavy atom. The number of H-pyrrole nitrogens is 1. The van der Waals surface area contributed by atoms with E-state index in [-0.39, 0.29) is 11.5 Å². The lowest BCUT2D eigenvalue weighted by Gasteiger charge is -2.36. The molecule has 1 amide bonds. The van der Waals surface area contributed by atoms with Crippen molar-refractivity contribution in [3.8, 4) is 0 Å². The predicted molar refractivity (Wildman–Crippen MR) is 102 cm³/mol. The number of carbonyl (C=O) groups is 1. The second-order valence-corrected chi connectivity index (χ2v) is 7.49. The maximum absolute atomic E-state index is 13.3. The summed E-state index contributed by atoms with van der Waals surface area (Å²) in [5.41, 5.74) is 2.62. The van der Waals surface area contributed by atoms with Gasteiger partial charge >= 0.3 is 0 Å². The molecule has 7 rings (SSSR count). The molecule has 0 saturated heterocycles. The molecule has 5 heterocycles. The summed E-state index contributed by atoms with van der Waals surface area (Å²) in [5.74, 6) is 0.443. The lowest BCUT2D eigenvalue weighted by atomic mass is 9.93. The molecule has 0 saturated carbocycles. The number of nitrogens with one attached hydrogen (secondary N) is 2. The van der Waals surface area contributed by atoms with Crippen LogP contribution >= 0.6 is 0 Å². The van der Waals surface area contributed by atoms with Gasteiger partial charge in [-0.15, -0.1) is 0 Å². The van der Waals surface area contributed by atoms with Gasteiger partial charge in [0.25, 0.3) is 5.56 Å². The molecule has 2 aromatic heterocycles. The molecule has 27 heavy (non-hydrogen) atoms. The van der Waals surface area contributed by atoms with Crippen molar-refractivity contribution < 1.29 is 4.79 Å². The van der Waals surface area contributed by atoms with E-state index in [1.54, 1.807) is 10.6 Å². The first-order valence-corrected chi connectivity index (χ1v) is 9.02. The summed E-state index contributed by atoms with van der Waals surface area (Å²) >= 11 is 0. The van der Waals surface area contributed by atoms with Gasteiger partial charge in [-0.3, -0.25) is 14.2 Å². The van der Waals surface area contributed by atoms with Gasteiger partial charge in [-0.1, -0.05) is 30.3 Å². The molecule has 132 valence electrons. The number of hydrogen-bond donors (Lipinski definition) is 2. The Kier molecular flexibility index (Phi) is 2.54. The zero-order valence-electron chi connectivity index (χ0n) is 14.6. The second kappa shape index (κ2) is 4.65. The van der Waals surface area contributed by atoms with Gasteiger partial charge in [0.05, 0.1) is 16.6 Å². The highest BCUT2D eigenvalue weighted by Gasteiger charge is 2.49. The Morgan fingerprint density at radius 1 is 1.07 bits per heavy atom. The van der Waals surface area contributed by atoms with Crippen LogP contribution in [-0.2, 0) is 16.8 Å². The molecule has 0 spiro atoms. The fraction of sp³-hybridized carbons (Fsp3) is 0.190. The summed E-state index contributed by atoms with van der Waals surface area (Å²) in [6.45, 7) is 1.92. The second-order valence-electron chi connectivity index (χ2n) is 7.49. The maximum atomic E-state index is 13.3.